The Kier molecular flexibility index (Phi) is 3.03. The monoisotopic (exact) mass is 243 g/mol. The lowest BCUT2D eigenvalue weighted by Crippen LogP contribution is -2.06. The SMILES string of the molecule is COC(=O)c1cc(C)c(Br)c(C)n1. The first-order valence-corrected chi connectivity index (χ1v) is 4.57. The number of rotatable bonds is 1. The number of methoxy groups -OCH3 is 1. The van der Waals surface area contributed by atoms with E-state index >= 15 is 0 Å². The molecule has 0 N–H and O–H groups in total. The van der Waals surface area contributed by atoms with Crippen LogP contribution in [0.15, 0.2) is 10.5 Å². The molecule has 0 aliphatic rings. The minimum atomic E-state index is -0.404. The number of pyridine rings is 1. The van der Waals surface area contributed by atoms with Crippen LogP contribution in [0.2, 0.25) is 0 Å². The molecule has 0 unspecified atom stereocenters. The fourth-order valence-corrected chi connectivity index (χ4v) is 1.23. The molecule has 0 aliphatic heterocycles. The van der Waals surface area contributed by atoms with Crippen LogP contribution in [0.1, 0.15) is 21.7 Å². The van der Waals surface area contributed by atoms with E-state index < -0.39 is 5.97 Å². The number of carbonyl (C=O) groups is 1. The highest BCUT2D eigenvalue weighted by atomic mass is 79.9. The highest BCUT2D eigenvalue weighted by Gasteiger charge is 2.10. The van der Waals surface area contributed by atoms with Crippen LogP contribution >= 0.6 is 15.9 Å². The lowest BCUT2D eigenvalue weighted by molar-refractivity contribution is 0.0593. The van der Waals surface area contributed by atoms with Gasteiger partial charge in [-0.3, -0.25) is 0 Å². The molecule has 0 aromatic carbocycles. The lowest BCUT2D eigenvalue weighted by atomic mass is 10.2. The Morgan fingerprint density at radius 1 is 1.54 bits per heavy atom. The van der Waals surface area contributed by atoms with E-state index in [2.05, 4.69) is 25.7 Å². The first-order chi connectivity index (χ1) is 6.06. The van der Waals surface area contributed by atoms with Gasteiger partial charge in [-0.1, -0.05) is 0 Å². The zero-order valence-electron chi connectivity index (χ0n) is 7.72. The van der Waals surface area contributed by atoms with E-state index in [0.717, 1.165) is 15.7 Å². The Hall–Kier alpha value is -0.900. The van der Waals surface area contributed by atoms with Gasteiger partial charge in [0.15, 0.2) is 0 Å². The molecular weight excluding hydrogens is 234 g/mol. The van der Waals surface area contributed by atoms with Crippen LogP contribution in [0, 0.1) is 13.8 Å². The van der Waals surface area contributed by atoms with Gasteiger partial charge >= 0.3 is 5.97 Å². The maximum absolute atomic E-state index is 11.1. The Morgan fingerprint density at radius 3 is 2.62 bits per heavy atom. The van der Waals surface area contributed by atoms with Gasteiger partial charge in [-0.15, -0.1) is 0 Å². The number of aromatic nitrogens is 1. The largest absolute Gasteiger partial charge is 0.464 e. The van der Waals surface area contributed by atoms with E-state index in [9.17, 15) is 4.79 Å². The van der Waals surface area contributed by atoms with Gasteiger partial charge < -0.3 is 4.74 Å². The Balaban J connectivity index is 3.20. The van der Waals surface area contributed by atoms with Gasteiger partial charge in [-0.2, -0.15) is 0 Å². The van der Waals surface area contributed by atoms with Gasteiger partial charge in [-0.05, 0) is 41.4 Å². The van der Waals surface area contributed by atoms with Gasteiger partial charge in [-0.25, -0.2) is 9.78 Å². The molecule has 0 radical (unpaired) electrons. The molecule has 3 nitrogen and oxygen atoms in total. The number of ether oxygens (including phenoxy) is 1. The zero-order valence-corrected chi connectivity index (χ0v) is 9.31. The van der Waals surface area contributed by atoms with Gasteiger partial charge in [0.1, 0.15) is 5.69 Å². The van der Waals surface area contributed by atoms with E-state index in [1.165, 1.54) is 7.11 Å². The average molecular weight is 244 g/mol. The number of esters is 1. The summed E-state index contributed by atoms with van der Waals surface area (Å²) in [4.78, 5) is 15.2. The smallest absolute Gasteiger partial charge is 0.356 e. The van der Waals surface area contributed by atoms with Crippen LogP contribution in [0.5, 0.6) is 0 Å². The molecule has 0 atom stereocenters. The summed E-state index contributed by atoms with van der Waals surface area (Å²) < 4.78 is 5.50. The fraction of sp³-hybridized carbons (Fsp3) is 0.333. The standard InChI is InChI=1S/C9H10BrNO2/c1-5-4-7(9(12)13-3)11-6(2)8(5)10/h4H,1-3H3. The van der Waals surface area contributed by atoms with Crippen molar-refractivity contribution in [3.8, 4) is 0 Å². The third kappa shape index (κ3) is 2.06. The van der Waals surface area contributed by atoms with Crippen molar-refractivity contribution in [3.63, 3.8) is 0 Å². The molecule has 0 saturated carbocycles. The van der Waals surface area contributed by atoms with Crippen LogP contribution in [0.4, 0.5) is 0 Å². The van der Waals surface area contributed by atoms with E-state index in [0.29, 0.717) is 5.69 Å². The fourth-order valence-electron chi connectivity index (χ4n) is 1.02. The topological polar surface area (TPSA) is 39.2 Å². The summed E-state index contributed by atoms with van der Waals surface area (Å²) in [6.07, 6.45) is 0. The molecule has 0 saturated heterocycles. The molecule has 1 heterocycles. The van der Waals surface area contributed by atoms with Crippen LogP contribution in [-0.2, 0) is 4.74 Å². The quantitative estimate of drug-likeness (QED) is 0.711. The van der Waals surface area contributed by atoms with Crippen molar-refractivity contribution in [1.29, 1.82) is 0 Å². The normalized spacial score (nSPS) is 9.85. The van der Waals surface area contributed by atoms with Gasteiger partial charge in [0, 0.05) is 4.47 Å². The Morgan fingerprint density at radius 2 is 2.15 bits per heavy atom. The van der Waals surface area contributed by atoms with Crippen LogP contribution < -0.4 is 0 Å². The highest BCUT2D eigenvalue weighted by molar-refractivity contribution is 9.10. The maximum Gasteiger partial charge on any atom is 0.356 e. The maximum atomic E-state index is 11.1. The summed E-state index contributed by atoms with van der Waals surface area (Å²) in [6, 6.07) is 1.70. The average Bonchev–Trinajstić information content (AvgIpc) is 2.12. The molecular formula is C9H10BrNO2. The first-order valence-electron chi connectivity index (χ1n) is 3.78. The van der Waals surface area contributed by atoms with E-state index in [1.54, 1.807) is 6.07 Å². The van der Waals surface area contributed by atoms with E-state index in [-0.39, 0.29) is 0 Å². The number of halogens is 1. The van der Waals surface area contributed by atoms with Crippen molar-refractivity contribution < 1.29 is 9.53 Å². The minimum Gasteiger partial charge on any atom is -0.464 e. The van der Waals surface area contributed by atoms with E-state index in [4.69, 9.17) is 0 Å². The summed E-state index contributed by atoms with van der Waals surface area (Å²) in [6.45, 7) is 3.74. The molecule has 0 amide bonds. The zero-order chi connectivity index (χ0) is 10.0. The molecule has 4 heteroatoms. The summed E-state index contributed by atoms with van der Waals surface area (Å²) in [5.41, 5.74) is 2.12. The third-order valence-electron chi connectivity index (χ3n) is 1.70. The Labute approximate surface area is 85.3 Å². The van der Waals surface area contributed by atoms with Crippen LogP contribution in [0.3, 0.4) is 0 Å². The minimum absolute atomic E-state index is 0.348. The third-order valence-corrected chi connectivity index (χ3v) is 2.90. The van der Waals surface area contributed by atoms with Crippen molar-refractivity contribution in [1.82, 2.24) is 4.98 Å². The summed E-state index contributed by atoms with van der Waals surface area (Å²) in [7, 11) is 1.34. The van der Waals surface area contributed by atoms with Crippen molar-refractivity contribution >= 4 is 21.9 Å². The van der Waals surface area contributed by atoms with Crippen LogP contribution in [0.25, 0.3) is 0 Å². The second-order valence-corrected chi connectivity index (χ2v) is 3.51. The summed E-state index contributed by atoms with van der Waals surface area (Å²) in [5, 5.41) is 0. The molecule has 0 spiro atoms. The number of nitrogens with zero attached hydrogens (tertiary/aromatic N) is 1. The van der Waals surface area contributed by atoms with Gasteiger partial charge in [0.2, 0.25) is 0 Å². The molecule has 0 bridgehead atoms. The lowest BCUT2D eigenvalue weighted by Gasteiger charge is -2.04. The van der Waals surface area contributed by atoms with Gasteiger partial charge in [0.25, 0.3) is 0 Å². The predicted molar refractivity (Wildman–Crippen MR) is 52.8 cm³/mol. The molecule has 70 valence electrons. The summed E-state index contributed by atoms with van der Waals surface area (Å²) in [5.74, 6) is -0.404. The number of aryl methyl sites for hydroxylation is 2. The number of carbonyl (C=O) groups excluding carboxylic acids is 1. The number of hydrogen-bond acceptors (Lipinski definition) is 3. The Bertz CT molecular complexity index is 326. The van der Waals surface area contributed by atoms with Crippen molar-refractivity contribution in [2.45, 2.75) is 13.8 Å². The van der Waals surface area contributed by atoms with Crippen molar-refractivity contribution in [2.75, 3.05) is 7.11 Å². The highest BCUT2D eigenvalue weighted by Crippen LogP contribution is 2.19. The first kappa shape index (κ1) is 10.2. The second kappa shape index (κ2) is 3.87. The molecule has 0 aliphatic carbocycles. The molecule has 13 heavy (non-hydrogen) atoms. The molecule has 0 fully saturated rings. The molecule has 1 aromatic heterocycles. The molecule has 1 rings (SSSR count). The molecule has 1 aromatic rings. The van der Waals surface area contributed by atoms with Crippen LogP contribution in [-0.4, -0.2) is 18.1 Å². The van der Waals surface area contributed by atoms with Crippen molar-refractivity contribution in [2.24, 2.45) is 0 Å². The van der Waals surface area contributed by atoms with E-state index in [1.807, 2.05) is 13.8 Å². The van der Waals surface area contributed by atoms with Crippen molar-refractivity contribution in [3.05, 3.63) is 27.5 Å². The van der Waals surface area contributed by atoms with Gasteiger partial charge in [0.05, 0.1) is 12.8 Å². The second-order valence-electron chi connectivity index (χ2n) is 2.72. The number of hydrogen-bond donors (Lipinski definition) is 0. The predicted octanol–water partition coefficient (Wildman–Crippen LogP) is 2.25. The summed E-state index contributed by atoms with van der Waals surface area (Å²) >= 11 is 3.37.